The van der Waals surface area contributed by atoms with E-state index in [0.29, 0.717) is 31.6 Å². The minimum absolute atomic E-state index is 0.111. The largest absolute Gasteiger partial charge is 0.394 e. The van der Waals surface area contributed by atoms with Crippen LogP contribution in [-0.2, 0) is 7.05 Å². The molecule has 9 nitrogen and oxygen atoms in total. The molecule has 0 saturated carbocycles. The van der Waals surface area contributed by atoms with Gasteiger partial charge in [-0.15, -0.1) is 0 Å². The quantitative estimate of drug-likeness (QED) is 0.460. The molecule has 1 saturated heterocycles. The average molecular weight is 359 g/mol. The lowest BCUT2D eigenvalue weighted by atomic mass is 9.89. The Morgan fingerprint density at radius 3 is 2.65 bits per heavy atom. The van der Waals surface area contributed by atoms with Gasteiger partial charge >= 0.3 is 0 Å². The van der Waals surface area contributed by atoms with Crippen molar-refractivity contribution in [1.29, 1.82) is 0 Å². The number of anilines is 1. The average Bonchev–Trinajstić information content (AvgIpc) is 3.07. The lowest BCUT2D eigenvalue weighted by Crippen LogP contribution is -2.53. The summed E-state index contributed by atoms with van der Waals surface area (Å²) in [7, 11) is 1.69. The van der Waals surface area contributed by atoms with Crippen LogP contribution in [0.15, 0.2) is 30.6 Å². The van der Waals surface area contributed by atoms with Crippen LogP contribution in [0.2, 0.25) is 0 Å². The van der Waals surface area contributed by atoms with Crippen molar-refractivity contribution in [2.24, 2.45) is 12.8 Å². The third kappa shape index (κ3) is 3.31. The molecule has 1 aliphatic heterocycles. The number of aromatic nitrogens is 2. The summed E-state index contributed by atoms with van der Waals surface area (Å²) in [5.74, 6) is -0.145. The fraction of sp³-hybridized carbons (Fsp3) is 0.412. The van der Waals surface area contributed by atoms with E-state index in [2.05, 4.69) is 4.98 Å². The summed E-state index contributed by atoms with van der Waals surface area (Å²) in [5, 5.41) is 20.9. The lowest BCUT2D eigenvalue weighted by Gasteiger charge is -2.38. The predicted octanol–water partition coefficient (Wildman–Crippen LogP) is 0.849. The van der Waals surface area contributed by atoms with E-state index in [1.165, 1.54) is 12.3 Å². The van der Waals surface area contributed by atoms with Gasteiger partial charge in [-0.2, -0.15) is 0 Å². The summed E-state index contributed by atoms with van der Waals surface area (Å²) in [6.07, 6.45) is 4.22. The van der Waals surface area contributed by atoms with Gasteiger partial charge in [0.25, 0.3) is 5.69 Å². The number of nitrogens with two attached hydrogens (primary N) is 1. The van der Waals surface area contributed by atoms with E-state index >= 15 is 0 Å². The van der Waals surface area contributed by atoms with Crippen molar-refractivity contribution < 1.29 is 14.8 Å². The van der Waals surface area contributed by atoms with Crippen molar-refractivity contribution in [2.75, 3.05) is 24.6 Å². The smallest absolute Gasteiger partial charge is 0.293 e. The first-order valence-electron chi connectivity index (χ1n) is 8.30. The number of benzene rings is 1. The van der Waals surface area contributed by atoms with Crippen LogP contribution in [0.1, 0.15) is 29.0 Å². The van der Waals surface area contributed by atoms with Crippen molar-refractivity contribution >= 4 is 17.2 Å². The molecule has 0 spiro atoms. The van der Waals surface area contributed by atoms with Gasteiger partial charge in [-0.1, -0.05) is 0 Å². The number of aliphatic hydroxyl groups excluding tert-OH is 1. The van der Waals surface area contributed by atoms with Crippen LogP contribution in [0, 0.1) is 10.1 Å². The molecule has 0 radical (unpaired) electrons. The Labute approximate surface area is 150 Å². The Balaban J connectivity index is 1.90. The van der Waals surface area contributed by atoms with Gasteiger partial charge in [0.15, 0.2) is 5.82 Å². The molecule has 3 N–H and O–H groups in total. The molecule has 0 amide bonds. The highest BCUT2D eigenvalue weighted by molar-refractivity contribution is 6.07. The molecule has 0 bridgehead atoms. The monoisotopic (exact) mass is 359 g/mol. The van der Waals surface area contributed by atoms with Gasteiger partial charge in [0.2, 0.25) is 5.78 Å². The van der Waals surface area contributed by atoms with Gasteiger partial charge in [0, 0.05) is 49.7 Å². The summed E-state index contributed by atoms with van der Waals surface area (Å²) in [6.45, 7) is 0.898. The van der Waals surface area contributed by atoms with E-state index in [1.807, 2.05) is 4.90 Å². The number of ketones is 1. The van der Waals surface area contributed by atoms with Gasteiger partial charge in [0.05, 0.1) is 11.5 Å². The van der Waals surface area contributed by atoms with Crippen molar-refractivity contribution in [3.8, 4) is 0 Å². The summed E-state index contributed by atoms with van der Waals surface area (Å²) in [6, 6.07) is 4.47. The number of aliphatic hydroxyl groups is 1. The number of imidazole rings is 1. The summed E-state index contributed by atoms with van der Waals surface area (Å²) in [4.78, 5) is 29.5. The number of hydrogen-bond acceptors (Lipinski definition) is 7. The van der Waals surface area contributed by atoms with Crippen LogP contribution in [0.25, 0.3) is 0 Å². The van der Waals surface area contributed by atoms with E-state index in [9.17, 15) is 20.0 Å². The summed E-state index contributed by atoms with van der Waals surface area (Å²) < 4.78 is 1.57. The zero-order chi connectivity index (χ0) is 18.9. The van der Waals surface area contributed by atoms with Gasteiger partial charge < -0.3 is 20.3 Å². The van der Waals surface area contributed by atoms with Crippen LogP contribution in [-0.4, -0.2) is 50.6 Å². The number of nitro groups is 1. The Morgan fingerprint density at radius 2 is 2.12 bits per heavy atom. The van der Waals surface area contributed by atoms with Crippen LogP contribution in [0.5, 0.6) is 0 Å². The van der Waals surface area contributed by atoms with Gasteiger partial charge in [-0.25, -0.2) is 4.98 Å². The molecule has 1 fully saturated rings. The second-order valence-corrected chi connectivity index (χ2v) is 6.66. The molecule has 138 valence electrons. The summed E-state index contributed by atoms with van der Waals surface area (Å²) in [5.41, 5.74) is 5.97. The van der Waals surface area contributed by atoms with Gasteiger partial charge in [0.1, 0.15) is 5.69 Å². The second-order valence-electron chi connectivity index (χ2n) is 6.66. The molecule has 0 aliphatic carbocycles. The first kappa shape index (κ1) is 18.0. The molecule has 1 aromatic heterocycles. The van der Waals surface area contributed by atoms with Crippen LogP contribution >= 0.6 is 0 Å². The van der Waals surface area contributed by atoms with E-state index in [4.69, 9.17) is 5.73 Å². The highest BCUT2D eigenvalue weighted by atomic mass is 16.6. The molecule has 1 aliphatic rings. The molecule has 26 heavy (non-hydrogen) atoms. The first-order valence-corrected chi connectivity index (χ1v) is 8.30. The van der Waals surface area contributed by atoms with Crippen LogP contribution in [0.3, 0.4) is 0 Å². The number of hydrogen-bond donors (Lipinski definition) is 2. The topological polar surface area (TPSA) is 128 Å². The fourth-order valence-corrected chi connectivity index (χ4v) is 3.14. The number of nitro benzene ring substituents is 1. The predicted molar refractivity (Wildman–Crippen MR) is 95.2 cm³/mol. The molecule has 3 rings (SSSR count). The van der Waals surface area contributed by atoms with Gasteiger partial charge in [-0.05, 0) is 25.0 Å². The van der Waals surface area contributed by atoms with Crippen molar-refractivity contribution in [1.82, 2.24) is 9.55 Å². The Morgan fingerprint density at radius 1 is 1.42 bits per heavy atom. The fourth-order valence-electron chi connectivity index (χ4n) is 3.14. The molecule has 0 atom stereocenters. The van der Waals surface area contributed by atoms with Crippen molar-refractivity contribution in [3.63, 3.8) is 0 Å². The molecule has 9 heteroatoms. The highest BCUT2D eigenvalue weighted by Crippen LogP contribution is 2.33. The molecule has 2 aromatic rings. The first-order chi connectivity index (χ1) is 12.3. The maximum absolute atomic E-state index is 12.6. The minimum atomic E-state index is -0.639. The molecular weight excluding hydrogens is 338 g/mol. The van der Waals surface area contributed by atoms with Crippen molar-refractivity contribution in [2.45, 2.75) is 18.4 Å². The minimum Gasteiger partial charge on any atom is -0.394 e. The Hall–Kier alpha value is -2.78. The zero-order valence-corrected chi connectivity index (χ0v) is 14.5. The maximum atomic E-state index is 12.6. The van der Waals surface area contributed by atoms with Crippen LogP contribution in [0.4, 0.5) is 11.4 Å². The van der Waals surface area contributed by atoms with E-state index in [1.54, 1.807) is 29.9 Å². The number of carbonyl (C=O) groups is 1. The zero-order valence-electron chi connectivity index (χ0n) is 14.5. The lowest BCUT2D eigenvalue weighted by molar-refractivity contribution is -0.384. The maximum Gasteiger partial charge on any atom is 0.293 e. The third-order valence-corrected chi connectivity index (χ3v) is 4.87. The molecule has 1 aromatic carbocycles. The molecule has 2 heterocycles. The molecular formula is C17H21N5O4. The third-order valence-electron chi connectivity index (χ3n) is 4.87. The molecule has 0 unspecified atom stereocenters. The number of aryl methyl sites for hydroxylation is 1. The van der Waals surface area contributed by atoms with E-state index in [-0.39, 0.29) is 29.5 Å². The summed E-state index contributed by atoms with van der Waals surface area (Å²) >= 11 is 0. The number of nitrogens with zero attached hydrogens (tertiary/aromatic N) is 4. The standard InChI is InChI=1S/C17H21N5O4/c1-20-9-6-19-16(20)15(24)12-2-3-13(14(10-12)22(25)26)21-7-4-17(18,11-23)5-8-21/h2-3,6,9-10,23H,4-5,7-8,11,18H2,1H3. The number of rotatable bonds is 5. The van der Waals surface area contributed by atoms with Crippen molar-refractivity contribution in [3.05, 3.63) is 52.1 Å². The Kier molecular flexibility index (Phi) is 4.75. The van der Waals surface area contributed by atoms with E-state index < -0.39 is 10.5 Å². The normalized spacial score (nSPS) is 16.5. The second kappa shape index (κ2) is 6.85. The highest BCUT2D eigenvalue weighted by Gasteiger charge is 2.32. The number of carbonyl (C=O) groups excluding carboxylic acids is 1. The Bertz CT molecular complexity index is 839. The SMILES string of the molecule is Cn1ccnc1C(=O)c1ccc(N2CCC(N)(CO)CC2)c([N+](=O)[O-])c1. The number of piperidine rings is 1. The van der Waals surface area contributed by atoms with E-state index in [0.717, 1.165) is 0 Å². The van der Waals surface area contributed by atoms with Gasteiger partial charge in [-0.3, -0.25) is 14.9 Å². The van der Waals surface area contributed by atoms with Crippen LogP contribution < -0.4 is 10.6 Å².